The number of ether oxygens (including phenoxy) is 1. The molecule has 1 atom stereocenters. The molecule has 1 aliphatic heterocycles. The van der Waals surface area contributed by atoms with Gasteiger partial charge < -0.3 is 19.6 Å². The minimum atomic E-state index is -0.636. The Labute approximate surface area is 232 Å². The van der Waals surface area contributed by atoms with E-state index in [-0.39, 0.29) is 12.5 Å². The predicted molar refractivity (Wildman–Crippen MR) is 154 cm³/mol. The Hall–Kier alpha value is -4.31. The van der Waals surface area contributed by atoms with Crippen LogP contribution in [0.5, 0.6) is 5.75 Å². The van der Waals surface area contributed by atoms with Crippen LogP contribution in [0.25, 0.3) is 33.5 Å². The van der Waals surface area contributed by atoms with Gasteiger partial charge in [-0.25, -0.2) is 4.98 Å². The number of amides is 1. The summed E-state index contributed by atoms with van der Waals surface area (Å²) in [5, 5.41) is 14.6. The van der Waals surface area contributed by atoms with E-state index in [1.165, 1.54) is 0 Å². The molecular formula is C31H31N5O4. The van der Waals surface area contributed by atoms with Crippen molar-refractivity contribution < 1.29 is 19.1 Å². The second kappa shape index (κ2) is 11.8. The number of aromatic nitrogens is 2. The average molecular weight is 538 g/mol. The van der Waals surface area contributed by atoms with E-state index in [1.807, 2.05) is 78.9 Å². The fourth-order valence-corrected chi connectivity index (χ4v) is 4.98. The van der Waals surface area contributed by atoms with E-state index in [2.05, 4.69) is 25.1 Å². The molecule has 2 N–H and O–H groups in total. The standard InChI is InChI=1S/C31H31N5O4/c37-23(21-39-24-11-12-29-28(18-24)34-31(40-29)22-6-2-1-3-7-22)19-35-14-16-36(17-15-35)20-30(38)33-27-10-4-9-26-25(27)8-5-13-32-26/h1-13,18,23,37H,14-17,19-21H2,(H,33,38). The van der Waals surface area contributed by atoms with E-state index in [0.717, 1.165) is 48.3 Å². The number of piperazine rings is 1. The first kappa shape index (κ1) is 25.9. The minimum Gasteiger partial charge on any atom is -0.491 e. The molecule has 1 saturated heterocycles. The van der Waals surface area contributed by atoms with Crippen LogP contribution in [0.1, 0.15) is 0 Å². The number of nitrogens with one attached hydrogen (secondary N) is 1. The van der Waals surface area contributed by atoms with Gasteiger partial charge in [0.2, 0.25) is 11.8 Å². The first-order chi connectivity index (χ1) is 19.6. The lowest BCUT2D eigenvalue weighted by Crippen LogP contribution is -2.50. The zero-order valence-corrected chi connectivity index (χ0v) is 22.1. The average Bonchev–Trinajstić information content (AvgIpc) is 3.41. The number of hydrogen-bond donors (Lipinski definition) is 2. The van der Waals surface area contributed by atoms with Crippen molar-refractivity contribution in [3.05, 3.63) is 85.1 Å². The molecule has 5 aromatic rings. The molecule has 3 heterocycles. The maximum atomic E-state index is 12.7. The fourth-order valence-electron chi connectivity index (χ4n) is 4.98. The van der Waals surface area contributed by atoms with Gasteiger partial charge in [-0.2, -0.15) is 0 Å². The summed E-state index contributed by atoms with van der Waals surface area (Å²) in [4.78, 5) is 26.0. The third kappa shape index (κ3) is 6.12. The Bertz CT molecular complexity index is 1590. The summed E-state index contributed by atoms with van der Waals surface area (Å²) in [7, 11) is 0. The Morgan fingerprint density at radius 2 is 1.77 bits per heavy atom. The number of β-amino-alcohol motifs (C(OH)–C–C–N with tert-alkyl or cyclic N) is 1. The number of aliphatic hydroxyl groups excluding tert-OH is 1. The Balaban J connectivity index is 0.948. The first-order valence-corrected chi connectivity index (χ1v) is 13.5. The van der Waals surface area contributed by atoms with Gasteiger partial charge in [0, 0.05) is 55.9 Å². The highest BCUT2D eigenvalue weighted by Gasteiger charge is 2.21. The number of benzene rings is 3. The highest BCUT2D eigenvalue weighted by Crippen LogP contribution is 2.27. The van der Waals surface area contributed by atoms with E-state index in [4.69, 9.17) is 9.15 Å². The summed E-state index contributed by atoms with van der Waals surface area (Å²) >= 11 is 0. The van der Waals surface area contributed by atoms with Crippen LogP contribution in [0.2, 0.25) is 0 Å². The molecule has 0 radical (unpaired) electrons. The van der Waals surface area contributed by atoms with Gasteiger partial charge in [0.15, 0.2) is 5.58 Å². The molecule has 0 bridgehead atoms. The highest BCUT2D eigenvalue weighted by molar-refractivity contribution is 6.01. The van der Waals surface area contributed by atoms with Gasteiger partial charge in [-0.1, -0.05) is 24.3 Å². The summed E-state index contributed by atoms with van der Waals surface area (Å²) in [5.74, 6) is 1.16. The van der Waals surface area contributed by atoms with Crippen LogP contribution >= 0.6 is 0 Å². The molecule has 9 nitrogen and oxygen atoms in total. The molecule has 0 spiro atoms. The van der Waals surface area contributed by atoms with E-state index in [1.54, 1.807) is 6.20 Å². The smallest absolute Gasteiger partial charge is 0.238 e. The van der Waals surface area contributed by atoms with Gasteiger partial charge in [-0.3, -0.25) is 19.6 Å². The van der Waals surface area contributed by atoms with E-state index in [0.29, 0.717) is 35.8 Å². The number of fused-ring (bicyclic) bond motifs is 2. The first-order valence-electron chi connectivity index (χ1n) is 13.5. The lowest BCUT2D eigenvalue weighted by molar-refractivity contribution is -0.117. The van der Waals surface area contributed by atoms with Gasteiger partial charge >= 0.3 is 0 Å². The molecule has 1 amide bonds. The zero-order valence-electron chi connectivity index (χ0n) is 22.1. The van der Waals surface area contributed by atoms with Crippen LogP contribution in [-0.4, -0.2) is 82.8 Å². The number of pyridine rings is 1. The number of aliphatic hydroxyl groups is 1. The quantitative estimate of drug-likeness (QED) is 0.290. The maximum absolute atomic E-state index is 12.7. The largest absolute Gasteiger partial charge is 0.491 e. The molecular weight excluding hydrogens is 506 g/mol. The lowest BCUT2D eigenvalue weighted by atomic mass is 10.2. The number of rotatable bonds is 9. The number of nitrogens with zero attached hydrogens (tertiary/aromatic N) is 4. The third-order valence-electron chi connectivity index (χ3n) is 7.04. The van der Waals surface area contributed by atoms with Gasteiger partial charge in [0.1, 0.15) is 24.0 Å². The molecule has 0 saturated carbocycles. The molecule has 2 aromatic heterocycles. The minimum absolute atomic E-state index is 0.0433. The molecule has 40 heavy (non-hydrogen) atoms. The van der Waals surface area contributed by atoms with Crippen LogP contribution in [0.15, 0.2) is 89.5 Å². The van der Waals surface area contributed by atoms with Crippen molar-refractivity contribution in [1.29, 1.82) is 0 Å². The van der Waals surface area contributed by atoms with Crippen LogP contribution < -0.4 is 10.1 Å². The molecule has 204 valence electrons. The Morgan fingerprint density at radius 3 is 2.62 bits per heavy atom. The van der Waals surface area contributed by atoms with Crippen LogP contribution in [-0.2, 0) is 4.79 Å². The molecule has 6 rings (SSSR count). The van der Waals surface area contributed by atoms with Crippen LogP contribution in [0.4, 0.5) is 5.69 Å². The predicted octanol–water partition coefficient (Wildman–Crippen LogP) is 4.04. The molecule has 0 aliphatic carbocycles. The monoisotopic (exact) mass is 537 g/mol. The Morgan fingerprint density at radius 1 is 0.950 bits per heavy atom. The van der Waals surface area contributed by atoms with Crippen molar-refractivity contribution >= 4 is 33.6 Å². The van der Waals surface area contributed by atoms with Crippen molar-refractivity contribution in [1.82, 2.24) is 19.8 Å². The summed E-state index contributed by atoms with van der Waals surface area (Å²) < 4.78 is 11.7. The van der Waals surface area contributed by atoms with Crippen molar-refractivity contribution in [2.75, 3.05) is 51.2 Å². The highest BCUT2D eigenvalue weighted by atomic mass is 16.5. The molecule has 1 unspecified atom stereocenters. The maximum Gasteiger partial charge on any atom is 0.238 e. The Kier molecular flexibility index (Phi) is 7.67. The van der Waals surface area contributed by atoms with E-state index in [9.17, 15) is 9.90 Å². The third-order valence-corrected chi connectivity index (χ3v) is 7.04. The van der Waals surface area contributed by atoms with Crippen molar-refractivity contribution in [2.45, 2.75) is 6.10 Å². The van der Waals surface area contributed by atoms with Crippen molar-refractivity contribution in [3.63, 3.8) is 0 Å². The van der Waals surface area contributed by atoms with E-state index < -0.39 is 6.10 Å². The number of carbonyl (C=O) groups excluding carboxylic acids is 1. The van der Waals surface area contributed by atoms with Crippen molar-refractivity contribution in [2.24, 2.45) is 0 Å². The summed E-state index contributed by atoms with van der Waals surface area (Å²) in [6.45, 7) is 4.07. The number of carbonyl (C=O) groups is 1. The number of hydrogen-bond acceptors (Lipinski definition) is 8. The van der Waals surface area contributed by atoms with Crippen molar-refractivity contribution in [3.8, 4) is 17.2 Å². The normalized spacial score (nSPS) is 15.3. The number of anilines is 1. The molecule has 1 aliphatic rings. The molecule has 9 heteroatoms. The fraction of sp³-hybridized carbons (Fsp3) is 0.258. The van der Waals surface area contributed by atoms with Crippen LogP contribution in [0, 0.1) is 0 Å². The summed E-state index contributed by atoms with van der Waals surface area (Å²) in [6.07, 6.45) is 1.11. The number of oxazole rings is 1. The summed E-state index contributed by atoms with van der Waals surface area (Å²) in [5.41, 5.74) is 3.94. The second-order valence-electron chi connectivity index (χ2n) is 9.98. The lowest BCUT2D eigenvalue weighted by Gasteiger charge is -2.35. The zero-order chi connectivity index (χ0) is 27.3. The molecule has 1 fully saturated rings. The van der Waals surface area contributed by atoms with Gasteiger partial charge in [-0.15, -0.1) is 0 Å². The SMILES string of the molecule is O=C(CN1CCN(CC(O)COc2ccc3oc(-c4ccccc4)nc3c2)CC1)Nc1cccc2ncccc12. The second-order valence-corrected chi connectivity index (χ2v) is 9.98. The van der Waals surface area contributed by atoms with Crippen LogP contribution in [0.3, 0.4) is 0 Å². The molecule has 3 aromatic carbocycles. The van der Waals surface area contributed by atoms with Gasteiger partial charge in [0.05, 0.1) is 17.7 Å². The van der Waals surface area contributed by atoms with Gasteiger partial charge in [-0.05, 0) is 48.5 Å². The topological polar surface area (TPSA) is 104 Å². The van der Waals surface area contributed by atoms with Gasteiger partial charge in [0.25, 0.3) is 0 Å². The summed E-state index contributed by atoms with van der Waals surface area (Å²) in [6, 6.07) is 24.8. The van der Waals surface area contributed by atoms with E-state index >= 15 is 0 Å².